The lowest BCUT2D eigenvalue weighted by molar-refractivity contribution is 0.00886. The zero-order valence-electron chi connectivity index (χ0n) is 16.4. The molecule has 0 amide bonds. The van der Waals surface area contributed by atoms with Gasteiger partial charge >= 0.3 is 0 Å². The number of aliphatic hydroxyl groups is 1. The highest BCUT2D eigenvalue weighted by Crippen LogP contribution is 2.36. The summed E-state index contributed by atoms with van der Waals surface area (Å²) in [5, 5.41) is 21.7. The van der Waals surface area contributed by atoms with Gasteiger partial charge in [-0.2, -0.15) is 5.10 Å². The van der Waals surface area contributed by atoms with Crippen LogP contribution < -0.4 is 14.4 Å². The van der Waals surface area contributed by atoms with Crippen molar-refractivity contribution in [1.82, 2.24) is 19.7 Å². The van der Waals surface area contributed by atoms with E-state index in [1.54, 1.807) is 26.6 Å². The van der Waals surface area contributed by atoms with Crippen molar-refractivity contribution in [2.24, 2.45) is 0 Å². The van der Waals surface area contributed by atoms with Crippen molar-refractivity contribution in [3.8, 4) is 11.5 Å². The van der Waals surface area contributed by atoms with Gasteiger partial charge in [0, 0.05) is 36.3 Å². The number of hydrogen-bond acceptors (Lipinski definition) is 7. The van der Waals surface area contributed by atoms with Gasteiger partial charge in [0.05, 0.1) is 27.0 Å². The van der Waals surface area contributed by atoms with Gasteiger partial charge in [0.25, 0.3) is 0 Å². The molecule has 148 valence electrons. The monoisotopic (exact) mass is 383 g/mol. The molecule has 1 atom stereocenters. The topological polar surface area (TPSA) is 85.5 Å². The Balaban J connectivity index is 1.68. The number of benzene rings is 1. The van der Waals surface area contributed by atoms with Gasteiger partial charge in [-0.3, -0.25) is 0 Å². The highest BCUT2D eigenvalue weighted by atomic mass is 16.5. The van der Waals surface area contributed by atoms with Gasteiger partial charge in [0.1, 0.15) is 11.4 Å². The van der Waals surface area contributed by atoms with Crippen LogP contribution in [0.1, 0.15) is 18.7 Å². The van der Waals surface area contributed by atoms with E-state index in [4.69, 9.17) is 9.47 Å². The van der Waals surface area contributed by atoms with Gasteiger partial charge < -0.3 is 24.0 Å². The van der Waals surface area contributed by atoms with E-state index in [0.29, 0.717) is 24.6 Å². The van der Waals surface area contributed by atoms with Crippen LogP contribution in [0.4, 0.5) is 5.82 Å². The third-order valence-corrected chi connectivity index (χ3v) is 5.39. The maximum absolute atomic E-state index is 11.3. The number of aromatic nitrogens is 4. The van der Waals surface area contributed by atoms with Crippen LogP contribution in [-0.2, 0) is 6.54 Å². The largest absolute Gasteiger partial charge is 0.493 e. The van der Waals surface area contributed by atoms with Crippen LogP contribution in [0.2, 0.25) is 0 Å². The first kappa shape index (κ1) is 18.5. The smallest absolute Gasteiger partial charge is 0.161 e. The summed E-state index contributed by atoms with van der Waals surface area (Å²) in [6, 6.07) is 3.82. The zero-order valence-corrected chi connectivity index (χ0v) is 16.4. The standard InChI is InChI=1S/C20H25N5O3/c1-14-21-6-8-24(14)12-20(26)5-4-7-25(13-20)19-16-10-18(28-3)17(27-2)9-15(16)11-22-23-19/h6,8-11,26H,4-5,7,12-13H2,1-3H3. The number of ether oxygens (including phenoxy) is 2. The van der Waals surface area contributed by atoms with Crippen LogP contribution in [0.3, 0.4) is 0 Å². The number of fused-ring (bicyclic) bond motifs is 1. The quantitative estimate of drug-likeness (QED) is 0.723. The van der Waals surface area contributed by atoms with Crippen molar-refractivity contribution >= 4 is 16.6 Å². The lowest BCUT2D eigenvalue weighted by Gasteiger charge is -2.40. The second-order valence-corrected chi connectivity index (χ2v) is 7.31. The van der Waals surface area contributed by atoms with Crippen LogP contribution in [0.15, 0.2) is 30.7 Å². The second kappa shape index (κ2) is 7.27. The molecule has 1 fully saturated rings. The maximum atomic E-state index is 11.3. The predicted molar refractivity (Wildman–Crippen MR) is 106 cm³/mol. The van der Waals surface area contributed by atoms with Crippen molar-refractivity contribution < 1.29 is 14.6 Å². The number of rotatable bonds is 5. The first-order chi connectivity index (χ1) is 13.5. The number of aryl methyl sites for hydroxylation is 1. The molecule has 1 aliphatic rings. The lowest BCUT2D eigenvalue weighted by atomic mass is 9.92. The number of imidazole rings is 1. The van der Waals surface area contributed by atoms with E-state index in [1.165, 1.54) is 0 Å². The molecule has 3 aromatic rings. The predicted octanol–water partition coefficient (Wildman–Crippen LogP) is 2.18. The van der Waals surface area contributed by atoms with E-state index in [9.17, 15) is 5.11 Å². The molecule has 1 saturated heterocycles. The average Bonchev–Trinajstić information content (AvgIpc) is 3.10. The average molecular weight is 383 g/mol. The molecule has 1 N–H and O–H groups in total. The summed E-state index contributed by atoms with van der Waals surface area (Å²) < 4.78 is 12.8. The van der Waals surface area contributed by atoms with E-state index in [0.717, 1.165) is 41.8 Å². The van der Waals surface area contributed by atoms with E-state index in [1.807, 2.05) is 29.8 Å². The van der Waals surface area contributed by atoms with Crippen molar-refractivity contribution in [2.75, 3.05) is 32.2 Å². The van der Waals surface area contributed by atoms with Gasteiger partial charge in [-0.05, 0) is 31.9 Å². The van der Waals surface area contributed by atoms with E-state index in [2.05, 4.69) is 20.1 Å². The Morgan fingerprint density at radius 3 is 2.71 bits per heavy atom. The van der Waals surface area contributed by atoms with Crippen LogP contribution >= 0.6 is 0 Å². The molecule has 1 aliphatic heterocycles. The van der Waals surface area contributed by atoms with E-state index >= 15 is 0 Å². The lowest BCUT2D eigenvalue weighted by Crippen LogP contribution is -2.51. The molecule has 0 spiro atoms. The fourth-order valence-electron chi connectivity index (χ4n) is 3.94. The molecular formula is C20H25N5O3. The molecule has 8 nitrogen and oxygen atoms in total. The van der Waals surface area contributed by atoms with Gasteiger partial charge in [-0.25, -0.2) is 4.98 Å². The molecule has 3 heterocycles. The maximum Gasteiger partial charge on any atom is 0.161 e. The summed E-state index contributed by atoms with van der Waals surface area (Å²) in [5.74, 6) is 2.94. The molecule has 8 heteroatoms. The Bertz CT molecular complexity index is 989. The second-order valence-electron chi connectivity index (χ2n) is 7.31. The van der Waals surface area contributed by atoms with Crippen LogP contribution in [0, 0.1) is 6.92 Å². The minimum Gasteiger partial charge on any atom is -0.493 e. The molecular weight excluding hydrogens is 358 g/mol. The summed E-state index contributed by atoms with van der Waals surface area (Å²) in [7, 11) is 3.23. The van der Waals surface area contributed by atoms with Crippen molar-refractivity contribution in [2.45, 2.75) is 31.9 Å². The zero-order chi connectivity index (χ0) is 19.7. The highest BCUT2D eigenvalue weighted by molar-refractivity contribution is 5.94. The fraction of sp³-hybridized carbons (Fsp3) is 0.450. The number of anilines is 1. The molecule has 1 aromatic carbocycles. The van der Waals surface area contributed by atoms with Crippen molar-refractivity contribution in [1.29, 1.82) is 0 Å². The highest BCUT2D eigenvalue weighted by Gasteiger charge is 2.35. The molecule has 4 rings (SSSR count). The van der Waals surface area contributed by atoms with E-state index in [-0.39, 0.29) is 0 Å². The van der Waals surface area contributed by atoms with Gasteiger partial charge in [-0.1, -0.05) is 0 Å². The summed E-state index contributed by atoms with van der Waals surface area (Å²) in [4.78, 5) is 6.37. The van der Waals surface area contributed by atoms with Crippen LogP contribution in [-0.4, -0.2) is 57.8 Å². The molecule has 0 bridgehead atoms. The van der Waals surface area contributed by atoms with E-state index < -0.39 is 5.60 Å². The third kappa shape index (κ3) is 3.35. The molecule has 0 radical (unpaired) electrons. The number of piperidine rings is 1. The Labute approximate surface area is 163 Å². The number of hydrogen-bond donors (Lipinski definition) is 1. The van der Waals surface area contributed by atoms with Gasteiger partial charge in [0.2, 0.25) is 0 Å². The fourth-order valence-corrected chi connectivity index (χ4v) is 3.94. The molecule has 1 unspecified atom stereocenters. The number of methoxy groups -OCH3 is 2. The first-order valence-electron chi connectivity index (χ1n) is 9.35. The SMILES string of the molecule is COc1cc2cnnc(N3CCCC(O)(Cn4ccnc4C)C3)c2cc1OC. The van der Waals surface area contributed by atoms with Crippen molar-refractivity contribution in [3.05, 3.63) is 36.5 Å². The van der Waals surface area contributed by atoms with Gasteiger partial charge in [-0.15, -0.1) is 5.10 Å². The summed E-state index contributed by atoms with van der Waals surface area (Å²) in [5.41, 5.74) is -0.857. The first-order valence-corrected chi connectivity index (χ1v) is 9.35. The Morgan fingerprint density at radius 1 is 1.21 bits per heavy atom. The Hall–Kier alpha value is -2.87. The number of β-amino-alcohol motifs (C(OH)–C–C–N with tert-alkyl or cyclic N) is 1. The van der Waals surface area contributed by atoms with Crippen LogP contribution in [0.5, 0.6) is 11.5 Å². The summed E-state index contributed by atoms with van der Waals surface area (Å²) >= 11 is 0. The van der Waals surface area contributed by atoms with Crippen LogP contribution in [0.25, 0.3) is 10.8 Å². The Kier molecular flexibility index (Phi) is 4.80. The number of nitrogens with zero attached hydrogens (tertiary/aromatic N) is 5. The molecule has 0 saturated carbocycles. The molecule has 28 heavy (non-hydrogen) atoms. The minimum atomic E-state index is -0.857. The normalized spacial score (nSPS) is 19.8. The molecule has 2 aromatic heterocycles. The van der Waals surface area contributed by atoms with Crippen molar-refractivity contribution in [3.63, 3.8) is 0 Å². The van der Waals surface area contributed by atoms with Gasteiger partial charge in [0.15, 0.2) is 17.3 Å². The molecule has 0 aliphatic carbocycles. The Morgan fingerprint density at radius 2 is 2.00 bits per heavy atom. The minimum absolute atomic E-state index is 0.479. The third-order valence-electron chi connectivity index (χ3n) is 5.39. The summed E-state index contributed by atoms with van der Waals surface area (Å²) in [6.45, 7) is 3.74. The summed E-state index contributed by atoms with van der Waals surface area (Å²) in [6.07, 6.45) is 6.98.